The first-order chi connectivity index (χ1) is 9.15. The van der Waals surface area contributed by atoms with E-state index < -0.39 is 0 Å². The predicted octanol–water partition coefficient (Wildman–Crippen LogP) is -2.34. The third-order valence-electron chi connectivity index (χ3n) is 2.67. The molecule has 0 aliphatic carbocycles. The van der Waals surface area contributed by atoms with Gasteiger partial charge in [-0.25, -0.2) is 0 Å². The quantitative estimate of drug-likeness (QED) is 0.256. The lowest BCUT2D eigenvalue weighted by atomic mass is 10.3. The molecule has 7 heteroatoms. The second-order valence-electron chi connectivity index (χ2n) is 4.25. The summed E-state index contributed by atoms with van der Waals surface area (Å²) in [6.07, 6.45) is 0. The van der Waals surface area contributed by atoms with Crippen molar-refractivity contribution in [1.29, 1.82) is 0 Å². The van der Waals surface area contributed by atoms with Gasteiger partial charge in [-0.15, -0.1) is 0 Å². The molecular formula is C12H23N5O2. The van der Waals surface area contributed by atoms with Gasteiger partial charge >= 0.3 is 0 Å². The zero-order chi connectivity index (χ0) is 14.1. The number of hydroxylamine groups is 1. The number of likely N-dealkylation sites (N-methyl/N-ethyl adjacent to an activating group) is 1. The van der Waals surface area contributed by atoms with Crippen LogP contribution in [0.3, 0.4) is 0 Å². The van der Waals surface area contributed by atoms with Crippen LogP contribution in [0.4, 0.5) is 11.4 Å². The van der Waals surface area contributed by atoms with E-state index in [1.807, 2.05) is 7.05 Å². The molecule has 1 rings (SSSR count). The maximum Gasteiger partial charge on any atom is 0.156 e. The Balaban J connectivity index is 2.32. The average Bonchev–Trinajstić information content (AvgIpc) is 2.42. The third kappa shape index (κ3) is 6.08. The topological polar surface area (TPSA) is 91.1 Å². The first-order valence-electron chi connectivity index (χ1n) is 6.39. The zero-order valence-corrected chi connectivity index (χ0v) is 11.5. The van der Waals surface area contributed by atoms with Crippen molar-refractivity contribution in [2.24, 2.45) is 0 Å². The number of quaternary nitrogens is 2. The highest BCUT2D eigenvalue weighted by atomic mass is 16.5. The second-order valence-corrected chi connectivity index (χ2v) is 4.25. The van der Waals surface area contributed by atoms with Crippen molar-refractivity contribution in [3.63, 3.8) is 0 Å². The number of hydrogen-bond donors (Lipinski definition) is 5. The van der Waals surface area contributed by atoms with Gasteiger partial charge in [0.15, 0.2) is 5.69 Å². The Morgan fingerprint density at radius 1 is 1.05 bits per heavy atom. The Hall–Kier alpha value is -1.06. The SMILES string of the molecule is CNCCNCCN[NH+]([O-])c1cccc([NH+](C)[O-])c1. The van der Waals surface area contributed by atoms with Gasteiger partial charge in [-0.05, 0) is 13.1 Å². The number of hydrogen-bond acceptors (Lipinski definition) is 5. The molecule has 0 radical (unpaired) electrons. The van der Waals surface area contributed by atoms with Crippen molar-refractivity contribution in [2.75, 3.05) is 40.3 Å². The van der Waals surface area contributed by atoms with Crippen LogP contribution >= 0.6 is 0 Å². The molecule has 0 aliphatic heterocycles. The van der Waals surface area contributed by atoms with Crippen LogP contribution in [0.5, 0.6) is 0 Å². The monoisotopic (exact) mass is 269 g/mol. The van der Waals surface area contributed by atoms with E-state index in [0.717, 1.165) is 19.6 Å². The van der Waals surface area contributed by atoms with E-state index in [1.165, 1.54) is 7.05 Å². The highest BCUT2D eigenvalue weighted by Crippen LogP contribution is 2.06. The molecule has 0 fully saturated rings. The summed E-state index contributed by atoms with van der Waals surface area (Å²) in [5.74, 6) is 0. The van der Waals surface area contributed by atoms with Crippen LogP contribution in [0, 0.1) is 10.4 Å². The summed E-state index contributed by atoms with van der Waals surface area (Å²) in [5, 5.41) is 29.1. The smallest absolute Gasteiger partial charge is 0.156 e. The maximum atomic E-state index is 11.8. The Kier molecular flexibility index (Phi) is 7.53. The Labute approximate surface area is 113 Å². The normalized spacial score (nSPS) is 14.3. The van der Waals surface area contributed by atoms with Gasteiger partial charge < -0.3 is 26.1 Å². The number of nitrogens with one attached hydrogen (secondary N) is 5. The minimum Gasteiger partial charge on any atom is -0.629 e. The first kappa shape index (κ1) is 16.0. The lowest BCUT2D eigenvalue weighted by molar-refractivity contribution is -0.828. The minimum absolute atomic E-state index is 0.0385. The van der Waals surface area contributed by atoms with Crippen LogP contribution in [0.2, 0.25) is 0 Å². The molecule has 0 amide bonds. The molecule has 0 spiro atoms. The van der Waals surface area contributed by atoms with E-state index in [-0.39, 0.29) is 10.2 Å². The summed E-state index contributed by atoms with van der Waals surface area (Å²) in [7, 11) is 3.38. The van der Waals surface area contributed by atoms with E-state index in [4.69, 9.17) is 0 Å². The van der Waals surface area contributed by atoms with Gasteiger partial charge in [0.2, 0.25) is 0 Å². The Bertz CT molecular complexity index is 362. The zero-order valence-electron chi connectivity index (χ0n) is 11.5. The van der Waals surface area contributed by atoms with Gasteiger partial charge in [0.05, 0.1) is 19.7 Å². The van der Waals surface area contributed by atoms with Crippen molar-refractivity contribution in [1.82, 2.24) is 16.1 Å². The summed E-state index contributed by atoms with van der Waals surface area (Å²) >= 11 is 0. The molecule has 0 heterocycles. The largest absolute Gasteiger partial charge is 0.629 e. The molecule has 0 bridgehead atoms. The molecule has 2 atom stereocenters. The van der Waals surface area contributed by atoms with Crippen LogP contribution in [0.15, 0.2) is 24.3 Å². The van der Waals surface area contributed by atoms with E-state index in [0.29, 0.717) is 17.9 Å². The molecule has 7 nitrogen and oxygen atoms in total. The van der Waals surface area contributed by atoms with E-state index in [1.54, 1.807) is 24.3 Å². The summed E-state index contributed by atoms with van der Waals surface area (Å²) in [5.41, 5.74) is 3.88. The van der Waals surface area contributed by atoms with Crippen LogP contribution < -0.4 is 26.3 Å². The van der Waals surface area contributed by atoms with Crippen molar-refractivity contribution >= 4 is 11.4 Å². The lowest BCUT2D eigenvalue weighted by Crippen LogP contribution is -3.10. The minimum atomic E-state index is -0.154. The molecule has 0 saturated carbocycles. The molecule has 2 unspecified atom stereocenters. The molecule has 0 saturated heterocycles. The highest BCUT2D eigenvalue weighted by Gasteiger charge is 2.05. The van der Waals surface area contributed by atoms with E-state index >= 15 is 0 Å². The van der Waals surface area contributed by atoms with E-state index in [9.17, 15) is 10.4 Å². The van der Waals surface area contributed by atoms with Crippen molar-refractivity contribution in [3.8, 4) is 0 Å². The van der Waals surface area contributed by atoms with Crippen LogP contribution in [-0.4, -0.2) is 40.3 Å². The van der Waals surface area contributed by atoms with E-state index in [2.05, 4.69) is 16.1 Å². The van der Waals surface area contributed by atoms with Gasteiger partial charge in [-0.1, -0.05) is 6.07 Å². The summed E-state index contributed by atoms with van der Waals surface area (Å²) in [6, 6.07) is 6.75. The number of benzene rings is 1. The Morgan fingerprint density at radius 3 is 2.42 bits per heavy atom. The molecule has 108 valence electrons. The molecule has 0 aliphatic rings. The van der Waals surface area contributed by atoms with Crippen LogP contribution in [0.1, 0.15) is 0 Å². The highest BCUT2D eigenvalue weighted by molar-refractivity contribution is 5.41. The molecule has 0 aromatic heterocycles. The van der Waals surface area contributed by atoms with Gasteiger partial charge in [0.1, 0.15) is 5.69 Å². The van der Waals surface area contributed by atoms with Crippen molar-refractivity contribution in [2.45, 2.75) is 0 Å². The fourth-order valence-electron chi connectivity index (χ4n) is 1.58. The van der Waals surface area contributed by atoms with Crippen LogP contribution in [0.25, 0.3) is 0 Å². The molecule has 1 aromatic carbocycles. The summed E-state index contributed by atoms with van der Waals surface area (Å²) in [6.45, 7) is 3.05. The van der Waals surface area contributed by atoms with Gasteiger partial charge in [0.25, 0.3) is 0 Å². The van der Waals surface area contributed by atoms with Gasteiger partial charge in [-0.2, -0.15) is 5.43 Å². The predicted molar refractivity (Wildman–Crippen MR) is 75.1 cm³/mol. The fourth-order valence-corrected chi connectivity index (χ4v) is 1.58. The molecule has 1 aromatic rings. The molecular weight excluding hydrogens is 246 g/mol. The molecule has 5 N–H and O–H groups in total. The average molecular weight is 269 g/mol. The fraction of sp³-hybridized carbons (Fsp3) is 0.500. The standard InChI is InChI=1S/C12H23N5O2/c1-13-6-7-14-8-9-15-17(19)12-5-3-4-11(10-12)16(2)18/h3-5,10,13-17H,6-9H2,1-2H3. The first-order valence-corrected chi connectivity index (χ1v) is 6.39. The summed E-state index contributed by atoms with van der Waals surface area (Å²) < 4.78 is 0. The second kappa shape index (κ2) is 8.94. The Morgan fingerprint density at radius 2 is 1.74 bits per heavy atom. The van der Waals surface area contributed by atoms with Gasteiger partial charge in [0, 0.05) is 25.7 Å². The maximum absolute atomic E-state index is 11.8. The summed E-state index contributed by atoms with van der Waals surface area (Å²) in [4.78, 5) is 0. The van der Waals surface area contributed by atoms with Crippen molar-refractivity contribution in [3.05, 3.63) is 34.7 Å². The molecule has 19 heavy (non-hydrogen) atoms. The number of rotatable bonds is 9. The van der Waals surface area contributed by atoms with Crippen LogP contribution in [-0.2, 0) is 0 Å². The van der Waals surface area contributed by atoms with Crippen molar-refractivity contribution < 1.29 is 10.2 Å². The lowest BCUT2D eigenvalue weighted by Gasteiger charge is -2.23. The third-order valence-corrected chi connectivity index (χ3v) is 2.67. The van der Waals surface area contributed by atoms with Gasteiger partial charge in [-0.3, -0.25) is 5.17 Å².